The molecule has 1 rings (SSSR count). The lowest BCUT2D eigenvalue weighted by molar-refractivity contribution is -0.384. The Bertz CT molecular complexity index is 469. The first-order valence-electron chi connectivity index (χ1n) is 5.49. The summed E-state index contributed by atoms with van der Waals surface area (Å²) in [6.45, 7) is 3.37. The summed E-state index contributed by atoms with van der Waals surface area (Å²) in [6, 6.07) is 6.26. The van der Waals surface area contributed by atoms with Crippen LogP contribution in [0.5, 0.6) is 0 Å². The second-order valence-corrected chi connectivity index (χ2v) is 4.72. The Morgan fingerprint density at radius 1 is 1.33 bits per heavy atom. The normalized spacial score (nSPS) is 10.9. The molecule has 0 saturated carbocycles. The second-order valence-electron chi connectivity index (χ2n) is 4.72. The molecule has 0 heterocycles. The monoisotopic (exact) mass is 251 g/mol. The molecule has 0 aromatic heterocycles. The van der Waals surface area contributed by atoms with Crippen molar-refractivity contribution >= 4 is 17.3 Å². The number of para-hydroxylation sites is 2. The minimum Gasteiger partial charge on any atom is -0.366 e. The van der Waals surface area contributed by atoms with Crippen LogP contribution in [0.1, 0.15) is 13.8 Å². The van der Waals surface area contributed by atoms with Crippen molar-refractivity contribution in [2.24, 2.45) is 0 Å². The number of rotatable bonds is 4. The average Bonchev–Trinajstić information content (AvgIpc) is 2.27. The summed E-state index contributed by atoms with van der Waals surface area (Å²) in [5, 5.41) is 13.8. The first-order chi connectivity index (χ1) is 8.25. The summed E-state index contributed by atoms with van der Waals surface area (Å²) in [6.07, 6.45) is 0. The number of nitrogens with one attached hydrogen (secondary N) is 1. The van der Waals surface area contributed by atoms with Gasteiger partial charge >= 0.3 is 0 Å². The summed E-state index contributed by atoms with van der Waals surface area (Å²) < 4.78 is 0. The van der Waals surface area contributed by atoms with Gasteiger partial charge in [0.25, 0.3) is 5.69 Å². The van der Waals surface area contributed by atoms with Crippen molar-refractivity contribution in [3.8, 4) is 0 Å². The van der Waals surface area contributed by atoms with Crippen LogP contribution in [-0.4, -0.2) is 35.4 Å². The number of nitro groups is 1. The van der Waals surface area contributed by atoms with Crippen LogP contribution in [-0.2, 0) is 4.79 Å². The van der Waals surface area contributed by atoms with E-state index in [1.807, 2.05) is 0 Å². The Morgan fingerprint density at radius 3 is 2.39 bits per heavy atom. The SMILES string of the molecule is CN(C)C(=O)C(C)(C)Nc1ccccc1[N+](=O)[O-]. The number of hydrogen-bond donors (Lipinski definition) is 1. The molecule has 6 nitrogen and oxygen atoms in total. The number of likely N-dealkylation sites (N-methyl/N-ethyl adjacent to an activating group) is 1. The lowest BCUT2D eigenvalue weighted by Gasteiger charge is -2.28. The molecular formula is C12H17N3O3. The summed E-state index contributed by atoms with van der Waals surface area (Å²) in [5.41, 5.74) is -0.616. The van der Waals surface area contributed by atoms with Crippen molar-refractivity contribution in [2.45, 2.75) is 19.4 Å². The van der Waals surface area contributed by atoms with E-state index in [2.05, 4.69) is 5.32 Å². The average molecular weight is 251 g/mol. The minimum absolute atomic E-state index is 0.0443. The zero-order chi connectivity index (χ0) is 13.9. The smallest absolute Gasteiger partial charge is 0.292 e. The predicted molar refractivity (Wildman–Crippen MR) is 69.5 cm³/mol. The van der Waals surface area contributed by atoms with Gasteiger partial charge in [-0.3, -0.25) is 14.9 Å². The number of anilines is 1. The Hall–Kier alpha value is -2.11. The maximum atomic E-state index is 11.9. The minimum atomic E-state index is -0.907. The first-order valence-corrected chi connectivity index (χ1v) is 5.49. The number of nitrogens with zero attached hydrogens (tertiary/aromatic N) is 2. The zero-order valence-electron chi connectivity index (χ0n) is 10.9. The molecule has 0 spiro atoms. The fourth-order valence-electron chi connectivity index (χ4n) is 1.69. The molecule has 0 bridgehead atoms. The van der Waals surface area contributed by atoms with Gasteiger partial charge in [0.15, 0.2) is 0 Å². The molecule has 0 aliphatic heterocycles. The lowest BCUT2D eigenvalue weighted by atomic mass is 10.0. The van der Waals surface area contributed by atoms with E-state index in [9.17, 15) is 14.9 Å². The largest absolute Gasteiger partial charge is 0.366 e. The third-order valence-corrected chi connectivity index (χ3v) is 2.49. The molecule has 1 amide bonds. The molecule has 0 aliphatic carbocycles. The van der Waals surface area contributed by atoms with Gasteiger partial charge in [0, 0.05) is 20.2 Å². The maximum absolute atomic E-state index is 11.9. The lowest BCUT2D eigenvalue weighted by Crippen LogP contribution is -2.47. The van der Waals surface area contributed by atoms with Crippen LogP contribution < -0.4 is 5.32 Å². The summed E-state index contributed by atoms with van der Waals surface area (Å²) in [5.74, 6) is -0.152. The number of benzene rings is 1. The van der Waals surface area contributed by atoms with E-state index in [1.165, 1.54) is 11.0 Å². The van der Waals surface area contributed by atoms with Crippen molar-refractivity contribution in [3.05, 3.63) is 34.4 Å². The van der Waals surface area contributed by atoms with Crippen LogP contribution in [0.4, 0.5) is 11.4 Å². The second kappa shape index (κ2) is 5.03. The molecule has 0 aliphatic rings. The quantitative estimate of drug-likeness (QED) is 0.654. The molecule has 6 heteroatoms. The van der Waals surface area contributed by atoms with E-state index in [1.54, 1.807) is 46.1 Å². The van der Waals surface area contributed by atoms with E-state index in [4.69, 9.17) is 0 Å². The zero-order valence-corrected chi connectivity index (χ0v) is 10.9. The standard InChI is InChI=1S/C12H17N3O3/c1-12(2,11(16)14(3)4)13-9-7-5-6-8-10(9)15(17)18/h5-8,13H,1-4H3. The number of carbonyl (C=O) groups is 1. The van der Waals surface area contributed by atoms with Crippen LogP contribution >= 0.6 is 0 Å². The van der Waals surface area contributed by atoms with Gasteiger partial charge in [0.2, 0.25) is 5.91 Å². The van der Waals surface area contributed by atoms with Gasteiger partial charge in [0.05, 0.1) is 4.92 Å². The van der Waals surface area contributed by atoms with Gasteiger partial charge in [-0.15, -0.1) is 0 Å². The van der Waals surface area contributed by atoms with Crippen molar-refractivity contribution in [2.75, 3.05) is 19.4 Å². The van der Waals surface area contributed by atoms with Gasteiger partial charge in [-0.1, -0.05) is 12.1 Å². The van der Waals surface area contributed by atoms with E-state index < -0.39 is 10.5 Å². The molecule has 0 atom stereocenters. The highest BCUT2D eigenvalue weighted by Crippen LogP contribution is 2.26. The molecule has 0 radical (unpaired) electrons. The third-order valence-electron chi connectivity index (χ3n) is 2.49. The molecule has 0 fully saturated rings. The van der Waals surface area contributed by atoms with Gasteiger partial charge in [-0.05, 0) is 19.9 Å². The van der Waals surface area contributed by atoms with Crippen molar-refractivity contribution < 1.29 is 9.72 Å². The highest BCUT2D eigenvalue weighted by Gasteiger charge is 2.30. The Morgan fingerprint density at radius 2 is 1.89 bits per heavy atom. The summed E-state index contributed by atoms with van der Waals surface area (Å²) in [7, 11) is 3.29. The molecule has 1 aromatic carbocycles. The Balaban J connectivity index is 3.04. The Labute approximate surface area is 106 Å². The predicted octanol–water partition coefficient (Wildman–Crippen LogP) is 1.87. The maximum Gasteiger partial charge on any atom is 0.292 e. The molecule has 1 aromatic rings. The van der Waals surface area contributed by atoms with E-state index >= 15 is 0 Å². The summed E-state index contributed by atoms with van der Waals surface area (Å²) >= 11 is 0. The van der Waals surface area contributed by atoms with Gasteiger partial charge in [-0.2, -0.15) is 0 Å². The van der Waals surface area contributed by atoms with Gasteiger partial charge in [-0.25, -0.2) is 0 Å². The van der Waals surface area contributed by atoms with Crippen molar-refractivity contribution in [3.63, 3.8) is 0 Å². The Kier molecular flexibility index (Phi) is 3.90. The highest BCUT2D eigenvalue weighted by atomic mass is 16.6. The van der Waals surface area contributed by atoms with Crippen molar-refractivity contribution in [1.29, 1.82) is 0 Å². The van der Waals surface area contributed by atoms with Gasteiger partial charge < -0.3 is 10.2 Å². The van der Waals surface area contributed by atoms with E-state index in [0.717, 1.165) is 0 Å². The number of carbonyl (C=O) groups excluding carboxylic acids is 1. The number of hydrogen-bond acceptors (Lipinski definition) is 4. The van der Waals surface area contributed by atoms with Crippen LogP contribution in [0, 0.1) is 10.1 Å². The highest BCUT2D eigenvalue weighted by molar-refractivity contribution is 5.88. The molecule has 98 valence electrons. The van der Waals surface area contributed by atoms with Crippen molar-refractivity contribution in [1.82, 2.24) is 4.90 Å². The molecular weight excluding hydrogens is 234 g/mol. The van der Waals surface area contributed by atoms with E-state index in [0.29, 0.717) is 5.69 Å². The van der Waals surface area contributed by atoms with Crippen LogP contribution in [0.15, 0.2) is 24.3 Å². The van der Waals surface area contributed by atoms with Gasteiger partial charge in [0.1, 0.15) is 11.2 Å². The number of amides is 1. The first kappa shape index (κ1) is 14.0. The summed E-state index contributed by atoms with van der Waals surface area (Å²) in [4.78, 5) is 23.8. The van der Waals surface area contributed by atoms with E-state index in [-0.39, 0.29) is 11.6 Å². The number of nitro benzene ring substituents is 1. The van der Waals surface area contributed by atoms with Crippen LogP contribution in [0.2, 0.25) is 0 Å². The molecule has 0 unspecified atom stereocenters. The fraction of sp³-hybridized carbons (Fsp3) is 0.417. The fourth-order valence-corrected chi connectivity index (χ4v) is 1.69. The molecule has 1 N–H and O–H groups in total. The molecule has 18 heavy (non-hydrogen) atoms. The molecule has 0 saturated heterocycles. The topological polar surface area (TPSA) is 75.5 Å². The third kappa shape index (κ3) is 2.97. The van der Waals surface area contributed by atoms with Crippen LogP contribution in [0.3, 0.4) is 0 Å². The van der Waals surface area contributed by atoms with Crippen LogP contribution in [0.25, 0.3) is 0 Å².